The minimum Gasteiger partial charge on any atom is -0.497 e. The average molecular weight is 540 g/mol. The summed E-state index contributed by atoms with van der Waals surface area (Å²) < 4.78 is 5.90. The molecule has 6 heteroatoms. The van der Waals surface area contributed by atoms with Gasteiger partial charge < -0.3 is 15.0 Å². The lowest BCUT2D eigenvalue weighted by Gasteiger charge is -2.31. The molecule has 186 valence electrons. The van der Waals surface area contributed by atoms with Gasteiger partial charge in [0.1, 0.15) is 11.8 Å². The molecule has 0 spiro atoms. The number of rotatable bonds is 10. The van der Waals surface area contributed by atoms with Gasteiger partial charge in [0.25, 0.3) is 0 Å². The quantitative estimate of drug-likeness (QED) is 0.360. The fourth-order valence-electron chi connectivity index (χ4n) is 3.49. The van der Waals surface area contributed by atoms with Crippen molar-refractivity contribution < 1.29 is 14.3 Å². The van der Waals surface area contributed by atoms with Crippen molar-refractivity contribution in [1.82, 2.24) is 10.2 Å². The highest BCUT2D eigenvalue weighted by Crippen LogP contribution is 2.35. The SMILES string of the molecule is C=C/C=C(\C=C)CNC(=O)C(c1ccc(Br)cc1)N(C(=O)CC)C1CC1.COc1ccc(C)cc1. The summed E-state index contributed by atoms with van der Waals surface area (Å²) >= 11 is 3.42. The number of methoxy groups -OCH3 is 1. The van der Waals surface area contributed by atoms with Gasteiger partial charge in [-0.25, -0.2) is 0 Å². The molecule has 1 atom stereocenters. The maximum Gasteiger partial charge on any atom is 0.247 e. The molecule has 0 bridgehead atoms. The molecule has 2 aromatic rings. The van der Waals surface area contributed by atoms with Crippen LogP contribution in [0.1, 0.15) is 43.4 Å². The normalized spacial score (nSPS) is 13.5. The highest BCUT2D eigenvalue weighted by Gasteiger charge is 2.40. The van der Waals surface area contributed by atoms with E-state index in [-0.39, 0.29) is 17.9 Å². The third-order valence-electron chi connectivity index (χ3n) is 5.56. The number of halogens is 1. The number of nitrogens with zero attached hydrogens (tertiary/aromatic N) is 1. The predicted molar refractivity (Wildman–Crippen MR) is 146 cm³/mol. The summed E-state index contributed by atoms with van der Waals surface area (Å²) in [6.45, 7) is 11.6. The van der Waals surface area contributed by atoms with Gasteiger partial charge in [0.15, 0.2) is 0 Å². The van der Waals surface area contributed by atoms with Crippen LogP contribution in [0.15, 0.2) is 90.0 Å². The standard InChI is InChI=1S/C21H25BrN2O2.C8H10O/c1-4-7-15(5-2)14-23-21(26)20(16-8-10-17(22)11-9-16)24(18-12-13-18)19(25)6-3;1-7-3-5-8(9-2)6-4-7/h4-5,7-11,18,20H,1-2,6,12-14H2,3H3,(H,23,26);3-6H,1-2H3/b15-7+;. The van der Waals surface area contributed by atoms with Crippen LogP contribution in [-0.4, -0.2) is 36.4 Å². The second kappa shape index (κ2) is 14.3. The van der Waals surface area contributed by atoms with E-state index in [1.807, 2.05) is 55.5 Å². The first-order valence-electron chi connectivity index (χ1n) is 11.7. The van der Waals surface area contributed by atoms with E-state index in [1.54, 1.807) is 30.2 Å². The van der Waals surface area contributed by atoms with Crippen LogP contribution in [-0.2, 0) is 9.59 Å². The van der Waals surface area contributed by atoms with Crippen LogP contribution in [0.5, 0.6) is 5.75 Å². The second-order valence-electron chi connectivity index (χ2n) is 8.26. The lowest BCUT2D eigenvalue weighted by Crippen LogP contribution is -2.45. The number of carbonyl (C=O) groups is 2. The fraction of sp³-hybridized carbons (Fsp3) is 0.310. The molecule has 2 amide bonds. The smallest absolute Gasteiger partial charge is 0.247 e. The van der Waals surface area contributed by atoms with Gasteiger partial charge in [-0.3, -0.25) is 9.59 Å². The summed E-state index contributed by atoms with van der Waals surface area (Å²) in [6.07, 6.45) is 7.42. The number of benzene rings is 2. The maximum absolute atomic E-state index is 13.0. The zero-order valence-corrected chi connectivity index (χ0v) is 22.4. The van der Waals surface area contributed by atoms with E-state index in [1.165, 1.54) is 5.56 Å². The third-order valence-corrected chi connectivity index (χ3v) is 6.09. The van der Waals surface area contributed by atoms with Gasteiger partial charge in [0.2, 0.25) is 11.8 Å². The van der Waals surface area contributed by atoms with Crippen LogP contribution in [0, 0.1) is 6.92 Å². The summed E-state index contributed by atoms with van der Waals surface area (Å²) in [5, 5.41) is 2.94. The second-order valence-corrected chi connectivity index (χ2v) is 9.17. The molecule has 5 nitrogen and oxygen atoms in total. The predicted octanol–water partition coefficient (Wildman–Crippen LogP) is 6.31. The molecular formula is C29H35BrN2O3. The minimum absolute atomic E-state index is 0.00106. The van der Waals surface area contributed by atoms with E-state index in [4.69, 9.17) is 4.74 Å². The largest absolute Gasteiger partial charge is 0.497 e. The van der Waals surface area contributed by atoms with Gasteiger partial charge in [-0.05, 0) is 55.2 Å². The zero-order chi connectivity index (χ0) is 25.8. The number of aryl methyl sites for hydroxylation is 1. The molecule has 1 fully saturated rings. The van der Waals surface area contributed by atoms with Crippen molar-refractivity contribution in [2.75, 3.05) is 13.7 Å². The number of hydrogen-bond donors (Lipinski definition) is 1. The van der Waals surface area contributed by atoms with Crippen molar-refractivity contribution in [3.8, 4) is 5.75 Å². The fourth-order valence-corrected chi connectivity index (χ4v) is 3.75. The van der Waals surface area contributed by atoms with Crippen molar-refractivity contribution in [2.24, 2.45) is 0 Å². The van der Waals surface area contributed by atoms with Crippen LogP contribution < -0.4 is 10.1 Å². The van der Waals surface area contributed by atoms with Crippen LogP contribution >= 0.6 is 15.9 Å². The Balaban J connectivity index is 0.000000402. The molecule has 0 aromatic heterocycles. The Morgan fingerprint density at radius 3 is 2.26 bits per heavy atom. The highest BCUT2D eigenvalue weighted by molar-refractivity contribution is 9.10. The molecule has 1 N–H and O–H groups in total. The van der Waals surface area contributed by atoms with Gasteiger partial charge in [-0.15, -0.1) is 0 Å². The van der Waals surface area contributed by atoms with Crippen molar-refractivity contribution >= 4 is 27.7 Å². The van der Waals surface area contributed by atoms with E-state index in [0.717, 1.165) is 34.2 Å². The summed E-state index contributed by atoms with van der Waals surface area (Å²) in [7, 11) is 1.67. The van der Waals surface area contributed by atoms with Crippen LogP contribution in [0.4, 0.5) is 0 Å². The topological polar surface area (TPSA) is 58.6 Å². The molecule has 1 aliphatic carbocycles. The summed E-state index contributed by atoms with van der Waals surface area (Å²) in [5.41, 5.74) is 2.94. The van der Waals surface area contributed by atoms with Crippen LogP contribution in [0.3, 0.4) is 0 Å². The zero-order valence-electron chi connectivity index (χ0n) is 20.8. The van der Waals surface area contributed by atoms with Crippen molar-refractivity contribution in [3.05, 3.63) is 101 Å². The number of ether oxygens (including phenoxy) is 1. The first kappa shape index (κ1) is 28.1. The van der Waals surface area contributed by atoms with E-state index in [2.05, 4.69) is 41.3 Å². The Morgan fingerprint density at radius 2 is 1.77 bits per heavy atom. The molecule has 3 rings (SSSR count). The number of amides is 2. The Labute approximate surface area is 217 Å². The van der Waals surface area contributed by atoms with Crippen LogP contribution in [0.25, 0.3) is 0 Å². The molecular weight excluding hydrogens is 504 g/mol. The first-order valence-corrected chi connectivity index (χ1v) is 12.5. The average Bonchev–Trinajstić information content (AvgIpc) is 3.71. The Bertz CT molecular complexity index is 1020. The van der Waals surface area contributed by atoms with E-state index in [0.29, 0.717) is 13.0 Å². The third kappa shape index (κ3) is 8.87. The van der Waals surface area contributed by atoms with Gasteiger partial charge in [-0.2, -0.15) is 0 Å². The molecule has 0 saturated heterocycles. The number of hydrogen-bond acceptors (Lipinski definition) is 3. The van der Waals surface area contributed by atoms with Crippen molar-refractivity contribution in [3.63, 3.8) is 0 Å². The van der Waals surface area contributed by atoms with Gasteiger partial charge >= 0.3 is 0 Å². The summed E-state index contributed by atoms with van der Waals surface area (Å²) in [6, 6.07) is 15.0. The summed E-state index contributed by atoms with van der Waals surface area (Å²) in [5.74, 6) is 0.736. The van der Waals surface area contributed by atoms with Crippen LogP contribution in [0.2, 0.25) is 0 Å². The highest BCUT2D eigenvalue weighted by atomic mass is 79.9. The van der Waals surface area contributed by atoms with Gasteiger partial charge in [0, 0.05) is 23.5 Å². The van der Waals surface area contributed by atoms with Crippen molar-refractivity contribution in [2.45, 2.75) is 45.2 Å². The minimum atomic E-state index is -0.627. The Hall–Kier alpha value is -3.12. The molecule has 1 aliphatic rings. The Kier molecular flexibility index (Phi) is 11.5. The molecule has 1 saturated carbocycles. The molecule has 2 aromatic carbocycles. The van der Waals surface area contributed by atoms with Gasteiger partial charge in [-0.1, -0.05) is 84.1 Å². The van der Waals surface area contributed by atoms with E-state index < -0.39 is 6.04 Å². The number of carbonyl (C=O) groups excluding carboxylic acids is 2. The lowest BCUT2D eigenvalue weighted by molar-refractivity contribution is -0.141. The molecule has 1 unspecified atom stereocenters. The molecule has 0 aliphatic heterocycles. The van der Waals surface area contributed by atoms with E-state index >= 15 is 0 Å². The van der Waals surface area contributed by atoms with Crippen molar-refractivity contribution in [1.29, 1.82) is 0 Å². The maximum atomic E-state index is 13.0. The molecule has 0 radical (unpaired) electrons. The monoisotopic (exact) mass is 538 g/mol. The number of nitrogens with one attached hydrogen (secondary N) is 1. The van der Waals surface area contributed by atoms with E-state index in [9.17, 15) is 9.59 Å². The summed E-state index contributed by atoms with van der Waals surface area (Å²) in [4.78, 5) is 27.4. The lowest BCUT2D eigenvalue weighted by atomic mass is 10.0. The first-order chi connectivity index (χ1) is 16.8. The Morgan fingerprint density at radius 1 is 1.14 bits per heavy atom. The van der Waals surface area contributed by atoms with Gasteiger partial charge in [0.05, 0.1) is 7.11 Å². The number of allylic oxidation sites excluding steroid dienone is 2. The molecule has 35 heavy (non-hydrogen) atoms. The molecule has 0 heterocycles.